The predicted molar refractivity (Wildman–Crippen MR) is 118 cm³/mol. The maximum atomic E-state index is 13.1. The van der Waals surface area contributed by atoms with Crippen LogP contribution in [0, 0.1) is 0 Å². The average molecular weight is 404 g/mol. The third kappa shape index (κ3) is 3.57. The van der Waals surface area contributed by atoms with Crippen molar-refractivity contribution in [2.24, 2.45) is 0 Å². The summed E-state index contributed by atoms with van der Waals surface area (Å²) >= 11 is 0. The fourth-order valence-corrected chi connectivity index (χ4v) is 5.13. The minimum absolute atomic E-state index is 0.0995. The molecule has 2 aliphatic heterocycles. The highest BCUT2D eigenvalue weighted by molar-refractivity contribution is 5.99. The van der Waals surface area contributed by atoms with E-state index in [9.17, 15) is 9.59 Å². The second-order valence-electron chi connectivity index (χ2n) is 8.71. The summed E-state index contributed by atoms with van der Waals surface area (Å²) in [6.07, 6.45) is 6.06. The van der Waals surface area contributed by atoms with Crippen LogP contribution < -0.4 is 4.90 Å². The monoisotopic (exact) mass is 403 g/mol. The van der Waals surface area contributed by atoms with Gasteiger partial charge < -0.3 is 14.7 Å². The van der Waals surface area contributed by atoms with Gasteiger partial charge in [0, 0.05) is 55.6 Å². The summed E-state index contributed by atoms with van der Waals surface area (Å²) in [5, 5.41) is 0. The molecule has 5 nitrogen and oxygen atoms in total. The van der Waals surface area contributed by atoms with Crippen molar-refractivity contribution in [3.63, 3.8) is 0 Å². The van der Waals surface area contributed by atoms with Crippen LogP contribution in [0.25, 0.3) is 0 Å². The topological polar surface area (TPSA) is 43.9 Å². The molecule has 0 unspecified atom stereocenters. The highest BCUT2D eigenvalue weighted by atomic mass is 16.2. The Labute approximate surface area is 178 Å². The van der Waals surface area contributed by atoms with Crippen molar-refractivity contribution in [1.29, 1.82) is 0 Å². The molecular formula is C25H29N3O2. The summed E-state index contributed by atoms with van der Waals surface area (Å²) < 4.78 is 0. The molecule has 2 aromatic carbocycles. The lowest BCUT2D eigenvalue weighted by Gasteiger charge is -2.36. The third-order valence-electron chi connectivity index (χ3n) is 6.89. The molecule has 2 amide bonds. The van der Waals surface area contributed by atoms with Crippen LogP contribution in [0.3, 0.4) is 0 Å². The summed E-state index contributed by atoms with van der Waals surface area (Å²) in [5.74, 6) is 0.305. The Hall–Kier alpha value is -2.82. The van der Waals surface area contributed by atoms with Crippen LogP contribution >= 0.6 is 0 Å². The summed E-state index contributed by atoms with van der Waals surface area (Å²) in [7, 11) is 0. The fourth-order valence-electron chi connectivity index (χ4n) is 5.13. The Bertz CT molecular complexity index is 929. The zero-order chi connectivity index (χ0) is 20.5. The molecule has 3 aliphatic rings. The molecule has 0 atom stereocenters. The highest BCUT2D eigenvalue weighted by Crippen LogP contribution is 2.33. The molecule has 1 aliphatic carbocycles. The Kier molecular flexibility index (Phi) is 5.19. The van der Waals surface area contributed by atoms with Crippen molar-refractivity contribution in [3.8, 4) is 0 Å². The molecule has 0 N–H and O–H groups in total. The van der Waals surface area contributed by atoms with Crippen LogP contribution in [-0.4, -0.2) is 53.8 Å². The number of hydrogen-bond acceptors (Lipinski definition) is 3. The number of carbonyl (C=O) groups excluding carboxylic acids is 2. The van der Waals surface area contributed by atoms with Gasteiger partial charge in [-0.3, -0.25) is 9.59 Å². The minimum Gasteiger partial charge on any atom is -0.368 e. The van der Waals surface area contributed by atoms with Gasteiger partial charge in [0.25, 0.3) is 11.8 Å². The second-order valence-corrected chi connectivity index (χ2v) is 8.71. The molecule has 0 aromatic heterocycles. The first-order valence-corrected chi connectivity index (χ1v) is 11.2. The van der Waals surface area contributed by atoms with E-state index in [2.05, 4.69) is 28.0 Å². The van der Waals surface area contributed by atoms with Gasteiger partial charge in [0.1, 0.15) is 0 Å². The number of nitrogens with zero attached hydrogens (tertiary/aromatic N) is 3. The molecule has 0 bridgehead atoms. The van der Waals surface area contributed by atoms with Gasteiger partial charge in [0.2, 0.25) is 0 Å². The van der Waals surface area contributed by atoms with E-state index >= 15 is 0 Å². The number of fused-ring (bicyclic) bond motifs is 1. The Morgan fingerprint density at radius 2 is 1.60 bits per heavy atom. The highest BCUT2D eigenvalue weighted by Gasteiger charge is 2.34. The van der Waals surface area contributed by atoms with E-state index in [1.165, 1.54) is 19.3 Å². The number of hydrogen-bond donors (Lipinski definition) is 0. The van der Waals surface area contributed by atoms with Gasteiger partial charge in [-0.2, -0.15) is 0 Å². The maximum absolute atomic E-state index is 13.1. The number of anilines is 1. The van der Waals surface area contributed by atoms with E-state index in [1.807, 2.05) is 35.2 Å². The molecule has 2 fully saturated rings. The molecule has 30 heavy (non-hydrogen) atoms. The molecule has 2 heterocycles. The van der Waals surface area contributed by atoms with Crippen LogP contribution in [0.4, 0.5) is 5.69 Å². The van der Waals surface area contributed by atoms with Gasteiger partial charge in [-0.15, -0.1) is 0 Å². The molecule has 5 heteroatoms. The normalized spacial score (nSPS) is 19.9. The Morgan fingerprint density at radius 1 is 0.867 bits per heavy atom. The zero-order valence-electron chi connectivity index (χ0n) is 17.4. The molecule has 5 rings (SSSR count). The van der Waals surface area contributed by atoms with Gasteiger partial charge >= 0.3 is 0 Å². The number of amides is 2. The largest absolute Gasteiger partial charge is 0.368 e. The van der Waals surface area contributed by atoms with Crippen molar-refractivity contribution in [1.82, 2.24) is 9.80 Å². The summed E-state index contributed by atoms with van der Waals surface area (Å²) in [6, 6.07) is 16.3. The van der Waals surface area contributed by atoms with Gasteiger partial charge in [-0.05, 0) is 42.7 Å². The van der Waals surface area contributed by atoms with Gasteiger partial charge in [-0.25, -0.2) is 0 Å². The van der Waals surface area contributed by atoms with E-state index in [0.717, 1.165) is 54.9 Å². The third-order valence-corrected chi connectivity index (χ3v) is 6.89. The maximum Gasteiger partial charge on any atom is 0.254 e. The van der Waals surface area contributed by atoms with Crippen LogP contribution in [0.2, 0.25) is 0 Å². The summed E-state index contributed by atoms with van der Waals surface area (Å²) in [4.78, 5) is 32.1. The second kappa shape index (κ2) is 8.13. The first-order chi connectivity index (χ1) is 14.7. The zero-order valence-corrected chi connectivity index (χ0v) is 17.4. The first-order valence-electron chi connectivity index (χ1n) is 11.2. The lowest BCUT2D eigenvalue weighted by atomic mass is 9.94. The quantitative estimate of drug-likeness (QED) is 0.780. The van der Waals surface area contributed by atoms with Crippen LogP contribution in [-0.2, 0) is 6.54 Å². The number of carbonyl (C=O) groups is 2. The fraction of sp³-hybridized carbons (Fsp3) is 0.440. The van der Waals surface area contributed by atoms with Crippen LogP contribution in [0.15, 0.2) is 48.5 Å². The van der Waals surface area contributed by atoms with Crippen molar-refractivity contribution >= 4 is 17.5 Å². The van der Waals surface area contributed by atoms with E-state index in [4.69, 9.17) is 0 Å². The van der Waals surface area contributed by atoms with Crippen molar-refractivity contribution in [2.75, 3.05) is 31.1 Å². The lowest BCUT2D eigenvalue weighted by molar-refractivity contribution is 0.0659. The number of rotatable bonds is 3. The Balaban J connectivity index is 1.25. The summed E-state index contributed by atoms with van der Waals surface area (Å²) in [6.45, 7) is 3.74. The summed E-state index contributed by atoms with van der Waals surface area (Å²) in [5.41, 5.74) is 3.88. The SMILES string of the molecule is O=C(c1ccccc1)N1CCN(c2ccc3c(c2)C(=O)N(C2CCCCC2)C3)CC1. The Morgan fingerprint density at radius 3 is 2.33 bits per heavy atom. The average Bonchev–Trinajstić information content (AvgIpc) is 3.16. The predicted octanol–water partition coefficient (Wildman–Crippen LogP) is 3.94. The van der Waals surface area contributed by atoms with Gasteiger partial charge in [0.15, 0.2) is 0 Å². The molecule has 1 saturated heterocycles. The minimum atomic E-state index is 0.0995. The molecule has 1 saturated carbocycles. The molecular weight excluding hydrogens is 374 g/mol. The van der Waals surface area contributed by atoms with Crippen LogP contribution in [0.1, 0.15) is 58.4 Å². The van der Waals surface area contributed by atoms with E-state index in [0.29, 0.717) is 19.1 Å². The standard InChI is InChI=1S/C25H29N3O2/c29-24(19-7-3-1-4-8-19)27-15-13-26(14-16-27)22-12-11-20-18-28(25(30)23(20)17-22)21-9-5-2-6-10-21/h1,3-4,7-8,11-12,17,21H,2,5-6,9-10,13-16,18H2. The van der Waals surface area contributed by atoms with Gasteiger partial charge in [0.05, 0.1) is 0 Å². The van der Waals surface area contributed by atoms with E-state index < -0.39 is 0 Å². The van der Waals surface area contributed by atoms with Crippen molar-refractivity contribution in [2.45, 2.75) is 44.7 Å². The first kappa shape index (κ1) is 19.2. The number of piperazine rings is 1. The number of benzene rings is 2. The molecule has 0 spiro atoms. The van der Waals surface area contributed by atoms with Gasteiger partial charge in [-0.1, -0.05) is 43.5 Å². The lowest BCUT2D eigenvalue weighted by Crippen LogP contribution is -2.48. The van der Waals surface area contributed by atoms with Crippen LogP contribution in [0.5, 0.6) is 0 Å². The van der Waals surface area contributed by atoms with Crippen molar-refractivity contribution in [3.05, 3.63) is 65.2 Å². The van der Waals surface area contributed by atoms with Crippen molar-refractivity contribution < 1.29 is 9.59 Å². The molecule has 156 valence electrons. The molecule has 0 radical (unpaired) electrons. The smallest absolute Gasteiger partial charge is 0.254 e. The molecule has 2 aromatic rings. The van der Waals surface area contributed by atoms with E-state index in [-0.39, 0.29) is 11.8 Å². The van der Waals surface area contributed by atoms with E-state index in [1.54, 1.807) is 0 Å².